The van der Waals surface area contributed by atoms with E-state index in [1.807, 2.05) is 36.4 Å². The highest BCUT2D eigenvalue weighted by Crippen LogP contribution is 2.29. The molecule has 3 rings (SSSR count). The molecule has 0 bridgehead atoms. The molecule has 0 amide bonds. The Labute approximate surface area is 161 Å². The predicted octanol–water partition coefficient (Wildman–Crippen LogP) is 3.92. The van der Waals surface area contributed by atoms with Crippen LogP contribution in [0.2, 0.25) is 0 Å². The van der Waals surface area contributed by atoms with Gasteiger partial charge in [-0.05, 0) is 51.8 Å². The van der Waals surface area contributed by atoms with Crippen LogP contribution >= 0.6 is 15.9 Å². The number of nitrogens with zero attached hydrogens (tertiary/aromatic N) is 1. The predicted molar refractivity (Wildman–Crippen MR) is 104 cm³/mol. The normalized spacial score (nSPS) is 12.5. The van der Waals surface area contributed by atoms with Gasteiger partial charge in [0.15, 0.2) is 0 Å². The van der Waals surface area contributed by atoms with Gasteiger partial charge in [-0.2, -0.15) is 4.72 Å². The van der Waals surface area contributed by atoms with Gasteiger partial charge in [0.1, 0.15) is 5.75 Å². The molecule has 0 aliphatic heterocycles. The monoisotopic (exact) mass is 432 g/mol. The topological polar surface area (TPSA) is 68.3 Å². The largest absolute Gasteiger partial charge is 0.496 e. The summed E-state index contributed by atoms with van der Waals surface area (Å²) in [7, 11) is -2.25. The van der Waals surface area contributed by atoms with Crippen LogP contribution in [0.1, 0.15) is 17.3 Å². The Morgan fingerprint density at radius 1 is 1.04 bits per heavy atom. The van der Waals surface area contributed by atoms with Gasteiger partial charge >= 0.3 is 0 Å². The molecule has 0 saturated carbocycles. The highest BCUT2D eigenvalue weighted by molar-refractivity contribution is 9.10. The summed E-state index contributed by atoms with van der Waals surface area (Å²) in [5.41, 5.74) is 1.43. The molecule has 1 heterocycles. The third-order valence-corrected chi connectivity index (χ3v) is 5.86. The Morgan fingerprint density at radius 3 is 2.38 bits per heavy atom. The van der Waals surface area contributed by atoms with Crippen LogP contribution in [-0.4, -0.2) is 20.5 Å². The lowest BCUT2D eigenvalue weighted by atomic mass is 10.0. The van der Waals surface area contributed by atoms with Crippen LogP contribution in [-0.2, 0) is 10.0 Å². The molecule has 5 nitrogen and oxygen atoms in total. The fraction of sp³-hybridized carbons (Fsp3) is 0.105. The highest BCUT2D eigenvalue weighted by Gasteiger charge is 2.24. The average Bonchev–Trinajstić information content (AvgIpc) is 2.67. The van der Waals surface area contributed by atoms with Crippen molar-refractivity contribution in [1.82, 2.24) is 9.71 Å². The highest BCUT2D eigenvalue weighted by atomic mass is 79.9. The van der Waals surface area contributed by atoms with Crippen molar-refractivity contribution in [2.75, 3.05) is 7.11 Å². The molecular formula is C19H17BrN2O3S. The lowest BCUT2D eigenvalue weighted by molar-refractivity contribution is 0.411. The second kappa shape index (κ2) is 7.99. The summed E-state index contributed by atoms with van der Waals surface area (Å²) in [5, 5.41) is 0. The maximum absolute atomic E-state index is 12.9. The van der Waals surface area contributed by atoms with Crippen molar-refractivity contribution in [3.63, 3.8) is 0 Å². The van der Waals surface area contributed by atoms with Crippen molar-refractivity contribution < 1.29 is 13.2 Å². The first-order valence-electron chi connectivity index (χ1n) is 7.83. The second-order valence-electron chi connectivity index (χ2n) is 5.52. The fourth-order valence-corrected chi connectivity index (χ4v) is 4.44. The van der Waals surface area contributed by atoms with E-state index >= 15 is 0 Å². The molecule has 1 unspecified atom stereocenters. The summed E-state index contributed by atoms with van der Waals surface area (Å²) in [4.78, 5) is 4.46. The summed E-state index contributed by atoms with van der Waals surface area (Å²) in [6.45, 7) is 0. The Morgan fingerprint density at radius 2 is 1.77 bits per heavy atom. The van der Waals surface area contributed by atoms with Crippen LogP contribution in [0.25, 0.3) is 0 Å². The number of rotatable bonds is 6. The molecule has 2 aromatic carbocycles. The number of hydrogen-bond acceptors (Lipinski definition) is 4. The summed E-state index contributed by atoms with van der Waals surface area (Å²) in [5.74, 6) is 0.563. The lowest BCUT2D eigenvalue weighted by Crippen LogP contribution is -2.30. The zero-order valence-electron chi connectivity index (χ0n) is 14.0. The van der Waals surface area contributed by atoms with Gasteiger partial charge in [0.25, 0.3) is 0 Å². The minimum absolute atomic E-state index is 0.141. The Hall–Kier alpha value is -2.22. The van der Waals surface area contributed by atoms with Gasteiger partial charge in [-0.25, -0.2) is 8.42 Å². The zero-order chi connectivity index (χ0) is 18.6. The maximum atomic E-state index is 12.9. The molecule has 0 radical (unpaired) electrons. The van der Waals surface area contributed by atoms with E-state index in [1.54, 1.807) is 24.4 Å². The molecule has 134 valence electrons. The number of halogens is 1. The first kappa shape index (κ1) is 18.6. The SMILES string of the molecule is COc1ccc(S(=O)(=O)NC(c2ccccc2)c2ccccn2)cc1Br. The number of aromatic nitrogens is 1. The number of benzene rings is 2. The molecule has 0 spiro atoms. The van der Waals surface area contributed by atoms with E-state index in [9.17, 15) is 8.42 Å². The van der Waals surface area contributed by atoms with E-state index in [1.165, 1.54) is 19.2 Å². The van der Waals surface area contributed by atoms with Crippen molar-refractivity contribution >= 4 is 26.0 Å². The zero-order valence-corrected chi connectivity index (χ0v) is 16.4. The first-order valence-corrected chi connectivity index (χ1v) is 10.1. The number of hydrogen-bond donors (Lipinski definition) is 1. The van der Waals surface area contributed by atoms with Crippen molar-refractivity contribution in [2.45, 2.75) is 10.9 Å². The van der Waals surface area contributed by atoms with Crippen molar-refractivity contribution in [1.29, 1.82) is 0 Å². The summed E-state index contributed by atoms with van der Waals surface area (Å²) in [6, 6.07) is 18.8. The summed E-state index contributed by atoms with van der Waals surface area (Å²) in [6.07, 6.45) is 1.64. The molecule has 3 aromatic rings. The van der Waals surface area contributed by atoms with Gasteiger partial charge < -0.3 is 4.74 Å². The van der Waals surface area contributed by atoms with Crippen LogP contribution in [0.4, 0.5) is 0 Å². The molecule has 7 heteroatoms. The third kappa shape index (κ3) is 4.12. The van der Waals surface area contributed by atoms with Gasteiger partial charge in [-0.3, -0.25) is 4.98 Å². The second-order valence-corrected chi connectivity index (χ2v) is 8.08. The third-order valence-electron chi connectivity index (χ3n) is 3.82. The quantitative estimate of drug-likeness (QED) is 0.640. The van der Waals surface area contributed by atoms with Gasteiger partial charge in [-0.1, -0.05) is 36.4 Å². The minimum atomic E-state index is -3.78. The Balaban J connectivity index is 2.00. The molecule has 0 fully saturated rings. The number of nitrogens with one attached hydrogen (secondary N) is 1. The van der Waals surface area contributed by atoms with Crippen molar-refractivity contribution in [3.05, 3.63) is 88.7 Å². The standard InChI is InChI=1S/C19H17BrN2O3S/c1-25-18-11-10-15(13-16(18)20)26(23,24)22-19(14-7-3-2-4-8-14)17-9-5-6-12-21-17/h2-13,19,22H,1H3. The Bertz CT molecular complexity index is 941. The van der Waals surface area contributed by atoms with Gasteiger partial charge in [0, 0.05) is 6.20 Å². The summed E-state index contributed by atoms with van der Waals surface area (Å²) >= 11 is 3.33. The van der Waals surface area contributed by atoms with Gasteiger partial charge in [0.05, 0.1) is 28.2 Å². The maximum Gasteiger partial charge on any atom is 0.241 e. The van der Waals surface area contributed by atoms with E-state index in [-0.39, 0.29) is 4.90 Å². The average molecular weight is 433 g/mol. The lowest BCUT2D eigenvalue weighted by Gasteiger charge is -2.19. The van der Waals surface area contributed by atoms with Gasteiger partial charge in [-0.15, -0.1) is 0 Å². The number of sulfonamides is 1. The molecule has 1 atom stereocenters. The van der Waals surface area contributed by atoms with Crippen molar-refractivity contribution in [3.8, 4) is 5.75 Å². The van der Waals surface area contributed by atoms with Crippen LogP contribution in [0.3, 0.4) is 0 Å². The number of pyridine rings is 1. The van der Waals surface area contributed by atoms with Crippen LogP contribution in [0.15, 0.2) is 82.3 Å². The molecular weight excluding hydrogens is 416 g/mol. The molecule has 1 aromatic heterocycles. The smallest absolute Gasteiger partial charge is 0.241 e. The van der Waals surface area contributed by atoms with E-state index < -0.39 is 16.1 Å². The summed E-state index contributed by atoms with van der Waals surface area (Å²) < 4.78 is 34.4. The molecule has 0 aliphatic rings. The fourth-order valence-electron chi connectivity index (χ4n) is 2.53. The molecule has 1 N–H and O–H groups in total. The van der Waals surface area contributed by atoms with E-state index in [2.05, 4.69) is 25.6 Å². The van der Waals surface area contributed by atoms with Gasteiger partial charge in [0.2, 0.25) is 10.0 Å². The van der Waals surface area contributed by atoms with Crippen LogP contribution < -0.4 is 9.46 Å². The van der Waals surface area contributed by atoms with Crippen LogP contribution in [0.5, 0.6) is 5.75 Å². The van der Waals surface area contributed by atoms with E-state index in [0.717, 1.165) is 5.56 Å². The van der Waals surface area contributed by atoms with E-state index in [4.69, 9.17) is 4.74 Å². The number of ether oxygens (including phenoxy) is 1. The first-order chi connectivity index (χ1) is 12.5. The van der Waals surface area contributed by atoms with Crippen molar-refractivity contribution in [2.24, 2.45) is 0 Å². The van der Waals surface area contributed by atoms with Crippen LogP contribution in [0, 0.1) is 0 Å². The minimum Gasteiger partial charge on any atom is -0.496 e. The van der Waals surface area contributed by atoms with E-state index in [0.29, 0.717) is 15.9 Å². The molecule has 26 heavy (non-hydrogen) atoms. The molecule has 0 aliphatic carbocycles. The number of methoxy groups -OCH3 is 1. The molecule has 0 saturated heterocycles. The Kier molecular flexibility index (Phi) is 5.70.